The summed E-state index contributed by atoms with van der Waals surface area (Å²) in [6.07, 6.45) is 0. The highest BCUT2D eigenvalue weighted by atomic mass is 16.6. The predicted octanol–water partition coefficient (Wildman–Crippen LogP) is 0.165. The van der Waals surface area contributed by atoms with Crippen LogP contribution in [0.15, 0.2) is 0 Å². The lowest BCUT2D eigenvalue weighted by Crippen LogP contribution is -2.53. The molecule has 110 valence electrons. The maximum Gasteiger partial charge on any atom is 0.320 e. The molecule has 0 amide bonds. The molecule has 1 N–H and O–H groups in total. The number of hydrogen-bond acceptors (Lipinski definition) is 5. The fraction of sp³-hybridized carbons (Fsp3) is 0.929. The molecular weight excluding hydrogens is 242 g/mol. The Balaban J connectivity index is 1.64. The molecule has 0 unspecified atom stereocenters. The Morgan fingerprint density at radius 1 is 1.16 bits per heavy atom. The molecule has 2 fully saturated rings. The lowest BCUT2D eigenvalue weighted by atomic mass is 10.0. The molecule has 0 atom stereocenters. The second-order valence-corrected chi connectivity index (χ2v) is 6.69. The maximum atomic E-state index is 11.8. The van der Waals surface area contributed by atoms with Crippen LogP contribution in [0.5, 0.6) is 0 Å². The van der Waals surface area contributed by atoms with Crippen molar-refractivity contribution in [1.29, 1.82) is 0 Å². The molecule has 19 heavy (non-hydrogen) atoms. The van der Waals surface area contributed by atoms with Gasteiger partial charge in [0.2, 0.25) is 0 Å². The zero-order chi connectivity index (χ0) is 13.9. The molecule has 0 aromatic rings. The monoisotopic (exact) mass is 269 g/mol. The van der Waals surface area contributed by atoms with Crippen molar-refractivity contribution in [1.82, 2.24) is 15.1 Å². The van der Waals surface area contributed by atoms with Crippen molar-refractivity contribution in [2.75, 3.05) is 52.4 Å². The van der Waals surface area contributed by atoms with E-state index in [1.165, 1.54) is 6.54 Å². The van der Waals surface area contributed by atoms with Crippen molar-refractivity contribution in [3.05, 3.63) is 0 Å². The van der Waals surface area contributed by atoms with Crippen molar-refractivity contribution >= 4 is 5.97 Å². The van der Waals surface area contributed by atoms with Gasteiger partial charge in [-0.05, 0) is 26.7 Å². The summed E-state index contributed by atoms with van der Waals surface area (Å²) in [4.78, 5) is 16.5. The quantitative estimate of drug-likeness (QED) is 0.737. The fourth-order valence-electron chi connectivity index (χ4n) is 2.53. The van der Waals surface area contributed by atoms with E-state index in [-0.39, 0.29) is 11.6 Å². The predicted molar refractivity (Wildman–Crippen MR) is 75.1 cm³/mol. The van der Waals surface area contributed by atoms with Crippen molar-refractivity contribution in [3.8, 4) is 0 Å². The second-order valence-electron chi connectivity index (χ2n) is 6.69. The van der Waals surface area contributed by atoms with E-state index in [2.05, 4.69) is 15.1 Å². The van der Waals surface area contributed by atoms with Crippen LogP contribution in [0.2, 0.25) is 0 Å². The van der Waals surface area contributed by atoms with Crippen molar-refractivity contribution in [2.24, 2.45) is 5.92 Å². The van der Waals surface area contributed by atoms with Gasteiger partial charge < -0.3 is 15.0 Å². The second kappa shape index (κ2) is 6.20. The van der Waals surface area contributed by atoms with Crippen LogP contribution in [-0.4, -0.2) is 73.7 Å². The van der Waals surface area contributed by atoms with E-state index >= 15 is 0 Å². The topological polar surface area (TPSA) is 44.8 Å². The molecule has 0 aromatic heterocycles. The molecule has 0 spiro atoms. The lowest BCUT2D eigenvalue weighted by Gasteiger charge is -2.38. The summed E-state index contributed by atoms with van der Waals surface area (Å²) < 4.78 is 5.36. The zero-order valence-corrected chi connectivity index (χ0v) is 12.4. The van der Waals surface area contributed by atoms with Crippen LogP contribution >= 0.6 is 0 Å². The number of carbonyl (C=O) groups is 1. The van der Waals surface area contributed by atoms with Crippen LogP contribution in [0.3, 0.4) is 0 Å². The first-order valence-corrected chi connectivity index (χ1v) is 7.30. The zero-order valence-electron chi connectivity index (χ0n) is 12.4. The van der Waals surface area contributed by atoms with E-state index in [1.54, 1.807) is 0 Å². The third kappa shape index (κ3) is 5.09. The van der Waals surface area contributed by atoms with Gasteiger partial charge in [0.1, 0.15) is 5.60 Å². The Hall–Kier alpha value is -0.650. The first kappa shape index (κ1) is 14.8. The highest BCUT2D eigenvalue weighted by Gasteiger charge is 2.25. The van der Waals surface area contributed by atoms with Crippen molar-refractivity contribution < 1.29 is 9.53 Å². The summed E-state index contributed by atoms with van der Waals surface area (Å²) in [5.74, 6) is 0.724. The minimum Gasteiger partial charge on any atom is -0.459 e. The number of nitrogens with one attached hydrogen (secondary N) is 1. The molecule has 2 aliphatic rings. The van der Waals surface area contributed by atoms with E-state index in [0.717, 1.165) is 45.2 Å². The molecule has 0 saturated carbocycles. The summed E-state index contributed by atoms with van der Waals surface area (Å²) >= 11 is 0. The van der Waals surface area contributed by atoms with Gasteiger partial charge in [-0.1, -0.05) is 0 Å². The summed E-state index contributed by atoms with van der Waals surface area (Å²) in [7, 11) is 0. The average Bonchev–Trinajstić information content (AvgIpc) is 2.23. The Bertz CT molecular complexity index is 302. The number of ether oxygens (including phenoxy) is 1. The first-order chi connectivity index (χ1) is 8.92. The Morgan fingerprint density at radius 3 is 2.21 bits per heavy atom. The Labute approximate surface area is 116 Å². The summed E-state index contributed by atoms with van der Waals surface area (Å²) in [6, 6.07) is 0. The number of esters is 1. The SMILES string of the molecule is CC(C)(C)OC(=O)CN1CCN(CC2CNC2)CC1. The van der Waals surface area contributed by atoms with Crippen molar-refractivity contribution in [2.45, 2.75) is 26.4 Å². The standard InChI is InChI=1S/C14H27N3O2/c1-14(2,3)19-13(18)11-17-6-4-16(5-7-17)10-12-8-15-9-12/h12,15H,4-11H2,1-3H3. The molecule has 0 aromatic carbocycles. The van der Waals surface area contributed by atoms with E-state index < -0.39 is 0 Å². The van der Waals surface area contributed by atoms with Gasteiger partial charge in [0.25, 0.3) is 0 Å². The van der Waals surface area contributed by atoms with Crippen LogP contribution in [0.4, 0.5) is 0 Å². The molecule has 0 aliphatic carbocycles. The molecule has 2 rings (SSSR count). The molecule has 0 bridgehead atoms. The van der Waals surface area contributed by atoms with Crippen LogP contribution in [0.1, 0.15) is 20.8 Å². The number of nitrogens with zero attached hydrogens (tertiary/aromatic N) is 2. The molecule has 5 nitrogen and oxygen atoms in total. The highest BCUT2D eigenvalue weighted by molar-refractivity contribution is 5.72. The maximum absolute atomic E-state index is 11.8. The normalized spacial score (nSPS) is 23.1. The van der Waals surface area contributed by atoms with Crippen LogP contribution in [-0.2, 0) is 9.53 Å². The van der Waals surface area contributed by atoms with Crippen molar-refractivity contribution in [3.63, 3.8) is 0 Å². The fourth-order valence-corrected chi connectivity index (χ4v) is 2.53. The van der Waals surface area contributed by atoms with Crippen LogP contribution in [0, 0.1) is 5.92 Å². The smallest absolute Gasteiger partial charge is 0.320 e. The first-order valence-electron chi connectivity index (χ1n) is 7.30. The minimum absolute atomic E-state index is 0.107. The summed E-state index contributed by atoms with van der Waals surface area (Å²) in [5, 5.41) is 3.31. The van der Waals surface area contributed by atoms with Crippen LogP contribution in [0.25, 0.3) is 0 Å². The van der Waals surface area contributed by atoms with E-state index in [1.807, 2.05) is 20.8 Å². The third-order valence-corrected chi connectivity index (χ3v) is 3.62. The van der Waals surface area contributed by atoms with E-state index in [9.17, 15) is 4.79 Å². The molecule has 2 saturated heterocycles. The molecule has 2 heterocycles. The van der Waals surface area contributed by atoms with Gasteiger partial charge >= 0.3 is 5.97 Å². The minimum atomic E-state index is -0.379. The van der Waals surface area contributed by atoms with Gasteiger partial charge in [0.15, 0.2) is 0 Å². The van der Waals surface area contributed by atoms with Gasteiger partial charge in [-0.25, -0.2) is 0 Å². The Morgan fingerprint density at radius 2 is 1.74 bits per heavy atom. The third-order valence-electron chi connectivity index (χ3n) is 3.62. The van der Waals surface area contributed by atoms with Gasteiger partial charge in [-0.3, -0.25) is 9.69 Å². The molecular formula is C14H27N3O2. The number of piperazine rings is 1. The van der Waals surface area contributed by atoms with Gasteiger partial charge in [0, 0.05) is 45.8 Å². The van der Waals surface area contributed by atoms with Gasteiger partial charge in [-0.15, -0.1) is 0 Å². The summed E-state index contributed by atoms with van der Waals surface area (Å²) in [5.41, 5.74) is -0.379. The van der Waals surface area contributed by atoms with E-state index in [0.29, 0.717) is 6.54 Å². The van der Waals surface area contributed by atoms with Gasteiger partial charge in [0.05, 0.1) is 6.54 Å². The van der Waals surface area contributed by atoms with E-state index in [4.69, 9.17) is 4.74 Å². The largest absolute Gasteiger partial charge is 0.459 e. The Kier molecular flexibility index (Phi) is 4.81. The van der Waals surface area contributed by atoms with Gasteiger partial charge in [-0.2, -0.15) is 0 Å². The van der Waals surface area contributed by atoms with Crippen LogP contribution < -0.4 is 5.32 Å². The molecule has 5 heteroatoms. The molecule has 2 aliphatic heterocycles. The lowest BCUT2D eigenvalue weighted by molar-refractivity contribution is -0.156. The number of carbonyl (C=O) groups excluding carboxylic acids is 1. The summed E-state index contributed by atoms with van der Waals surface area (Å²) in [6.45, 7) is 13.8. The number of hydrogen-bond donors (Lipinski definition) is 1. The highest BCUT2D eigenvalue weighted by Crippen LogP contribution is 2.11. The number of rotatable bonds is 4. The molecule has 0 radical (unpaired) electrons. The average molecular weight is 269 g/mol.